The number of hydrogen-bond donors (Lipinski definition) is 2. The van der Waals surface area contributed by atoms with Gasteiger partial charge >= 0.3 is 6.09 Å². The number of primary amides is 1. The van der Waals surface area contributed by atoms with Crippen molar-refractivity contribution in [3.63, 3.8) is 0 Å². The van der Waals surface area contributed by atoms with Gasteiger partial charge in [0, 0.05) is 52.0 Å². The Hall–Kier alpha value is -2.84. The topological polar surface area (TPSA) is 113 Å². The summed E-state index contributed by atoms with van der Waals surface area (Å²) >= 11 is 0. The van der Waals surface area contributed by atoms with Gasteiger partial charge in [0.05, 0.1) is 6.54 Å². The molecular formula is C23H38N6O3. The van der Waals surface area contributed by atoms with Crippen LogP contribution in [0.4, 0.5) is 4.79 Å². The first-order chi connectivity index (χ1) is 15.2. The van der Waals surface area contributed by atoms with E-state index in [-0.39, 0.29) is 17.9 Å². The molecule has 0 radical (unpaired) electrons. The number of ether oxygens (including phenoxy) is 1. The van der Waals surface area contributed by atoms with Crippen LogP contribution in [-0.4, -0.2) is 71.6 Å². The van der Waals surface area contributed by atoms with Crippen LogP contribution in [0.2, 0.25) is 0 Å². The Morgan fingerprint density at radius 3 is 2.81 bits per heavy atom. The van der Waals surface area contributed by atoms with Gasteiger partial charge < -0.3 is 25.6 Å². The Morgan fingerprint density at radius 1 is 1.41 bits per heavy atom. The summed E-state index contributed by atoms with van der Waals surface area (Å²) in [5.41, 5.74) is 5.77. The lowest BCUT2D eigenvalue weighted by Crippen LogP contribution is -2.47. The monoisotopic (exact) mass is 446 g/mol. The Balaban J connectivity index is 1.88. The van der Waals surface area contributed by atoms with Crippen LogP contribution in [0.15, 0.2) is 29.5 Å². The average Bonchev–Trinajstić information content (AvgIpc) is 2.72. The molecule has 0 aromatic carbocycles. The molecule has 2 rings (SSSR count). The average molecular weight is 447 g/mol. The van der Waals surface area contributed by atoms with Crippen LogP contribution >= 0.6 is 0 Å². The van der Waals surface area contributed by atoms with Crippen LogP contribution in [0.1, 0.15) is 52.0 Å². The highest BCUT2D eigenvalue weighted by Gasteiger charge is 2.24. The Bertz CT molecular complexity index is 763. The molecule has 0 aliphatic carbocycles. The molecule has 0 spiro atoms. The third-order valence-electron chi connectivity index (χ3n) is 5.16. The van der Waals surface area contributed by atoms with Crippen molar-refractivity contribution in [2.45, 2.75) is 58.6 Å². The van der Waals surface area contributed by atoms with Gasteiger partial charge in [-0.1, -0.05) is 6.07 Å². The fourth-order valence-electron chi connectivity index (χ4n) is 3.78. The van der Waals surface area contributed by atoms with Crippen molar-refractivity contribution < 1.29 is 14.3 Å². The molecule has 1 atom stereocenters. The molecule has 1 aliphatic rings. The quantitative estimate of drug-likeness (QED) is 0.360. The van der Waals surface area contributed by atoms with Gasteiger partial charge in [0.1, 0.15) is 5.60 Å². The number of pyridine rings is 1. The second-order valence-corrected chi connectivity index (χ2v) is 9.22. The van der Waals surface area contributed by atoms with Gasteiger partial charge in [0.15, 0.2) is 5.96 Å². The smallest absolute Gasteiger partial charge is 0.410 e. The van der Waals surface area contributed by atoms with Crippen molar-refractivity contribution in [1.29, 1.82) is 0 Å². The Labute approximate surface area is 191 Å². The number of amides is 2. The maximum atomic E-state index is 12.7. The summed E-state index contributed by atoms with van der Waals surface area (Å²) in [5.74, 6) is 0.827. The van der Waals surface area contributed by atoms with Gasteiger partial charge in [-0.3, -0.25) is 14.8 Å². The van der Waals surface area contributed by atoms with Crippen LogP contribution in [0.25, 0.3) is 0 Å². The highest BCUT2D eigenvalue weighted by atomic mass is 16.6. The number of guanidine groups is 1. The highest BCUT2D eigenvalue weighted by molar-refractivity contribution is 5.80. The number of piperidine rings is 1. The summed E-state index contributed by atoms with van der Waals surface area (Å²) in [6.07, 6.45) is 6.30. The first-order valence-electron chi connectivity index (χ1n) is 11.3. The van der Waals surface area contributed by atoms with Crippen LogP contribution in [0.3, 0.4) is 0 Å². The van der Waals surface area contributed by atoms with Crippen LogP contribution in [-0.2, 0) is 16.1 Å². The number of likely N-dealkylation sites (tertiary alicyclic amines) is 1. The molecule has 0 bridgehead atoms. The number of carbonyl (C=O) groups is 2. The van der Waals surface area contributed by atoms with E-state index in [1.54, 1.807) is 24.3 Å². The van der Waals surface area contributed by atoms with Gasteiger partial charge in [-0.25, -0.2) is 4.79 Å². The molecule has 9 heteroatoms. The second kappa shape index (κ2) is 12.3. The van der Waals surface area contributed by atoms with Gasteiger partial charge in [-0.15, -0.1) is 0 Å². The molecule has 9 nitrogen and oxygen atoms in total. The zero-order chi connectivity index (χ0) is 23.6. The molecule has 3 N–H and O–H groups in total. The standard InChI is InChI=1S/C23H38N6O3/c1-23(2,3)32-22(31)29(17-19-8-5-10-26-15-19)13-7-11-27-21(25-4)28-12-6-9-18(16-28)14-20(24)30/h5,8,10,15,18H,6-7,9,11-14,16-17H2,1-4H3,(H2,24,30)(H,25,27). The normalized spacial score (nSPS) is 17.1. The Kier molecular flexibility index (Phi) is 9.74. The number of nitrogens with one attached hydrogen (secondary N) is 1. The van der Waals surface area contributed by atoms with Crippen LogP contribution in [0, 0.1) is 5.92 Å². The van der Waals surface area contributed by atoms with Crippen LogP contribution in [0.5, 0.6) is 0 Å². The van der Waals surface area contributed by atoms with E-state index in [2.05, 4.69) is 20.2 Å². The predicted molar refractivity (Wildman–Crippen MR) is 125 cm³/mol. The van der Waals surface area contributed by atoms with Crippen LogP contribution < -0.4 is 11.1 Å². The third-order valence-corrected chi connectivity index (χ3v) is 5.16. The largest absolute Gasteiger partial charge is 0.444 e. The molecule has 0 saturated carbocycles. The molecule has 1 fully saturated rings. The molecule has 1 aliphatic heterocycles. The van der Waals surface area contributed by atoms with E-state index in [4.69, 9.17) is 10.5 Å². The molecule has 178 valence electrons. The van der Waals surface area contributed by atoms with Gasteiger partial charge in [0.25, 0.3) is 0 Å². The number of hydrogen-bond acceptors (Lipinski definition) is 5. The summed E-state index contributed by atoms with van der Waals surface area (Å²) in [6, 6.07) is 3.81. The number of aromatic nitrogens is 1. The highest BCUT2D eigenvalue weighted by Crippen LogP contribution is 2.19. The van der Waals surface area contributed by atoms with Crippen molar-refractivity contribution in [1.82, 2.24) is 20.1 Å². The summed E-state index contributed by atoms with van der Waals surface area (Å²) in [7, 11) is 1.76. The first-order valence-corrected chi connectivity index (χ1v) is 11.3. The van der Waals surface area contributed by atoms with E-state index >= 15 is 0 Å². The zero-order valence-electron chi connectivity index (χ0n) is 19.8. The molecular weight excluding hydrogens is 408 g/mol. The number of carbonyl (C=O) groups excluding carboxylic acids is 2. The fraction of sp³-hybridized carbons (Fsp3) is 0.652. The van der Waals surface area contributed by atoms with E-state index in [9.17, 15) is 9.59 Å². The van der Waals surface area contributed by atoms with Crippen molar-refractivity contribution in [3.8, 4) is 0 Å². The first kappa shape index (κ1) is 25.4. The summed E-state index contributed by atoms with van der Waals surface area (Å²) in [5, 5.41) is 3.39. The van der Waals surface area contributed by atoms with Crippen molar-refractivity contribution in [2.75, 3.05) is 33.2 Å². The van der Waals surface area contributed by atoms with Crippen molar-refractivity contribution >= 4 is 18.0 Å². The second-order valence-electron chi connectivity index (χ2n) is 9.22. The van der Waals surface area contributed by atoms with E-state index in [1.165, 1.54) is 0 Å². The fourth-order valence-corrected chi connectivity index (χ4v) is 3.78. The molecule has 1 aromatic rings. The zero-order valence-corrected chi connectivity index (χ0v) is 19.8. The summed E-state index contributed by atoms with van der Waals surface area (Å²) in [4.78, 5) is 36.4. The molecule has 1 saturated heterocycles. The maximum absolute atomic E-state index is 12.7. The summed E-state index contributed by atoms with van der Waals surface area (Å²) < 4.78 is 5.59. The maximum Gasteiger partial charge on any atom is 0.410 e. The molecule has 2 amide bonds. The SMILES string of the molecule is CN=C(NCCCN(Cc1cccnc1)C(=O)OC(C)(C)C)N1CCCC(CC(N)=O)C1. The molecule has 1 aromatic heterocycles. The minimum Gasteiger partial charge on any atom is -0.444 e. The number of nitrogens with zero attached hydrogens (tertiary/aromatic N) is 4. The molecule has 32 heavy (non-hydrogen) atoms. The van der Waals surface area contributed by atoms with E-state index in [0.29, 0.717) is 26.1 Å². The van der Waals surface area contributed by atoms with Crippen molar-refractivity contribution in [3.05, 3.63) is 30.1 Å². The van der Waals surface area contributed by atoms with Gasteiger partial charge in [-0.05, 0) is 57.6 Å². The molecule has 1 unspecified atom stereocenters. The lowest BCUT2D eigenvalue weighted by Gasteiger charge is -2.34. The van der Waals surface area contributed by atoms with E-state index in [1.807, 2.05) is 32.9 Å². The number of nitrogens with two attached hydrogens (primary N) is 1. The number of rotatable bonds is 8. The summed E-state index contributed by atoms with van der Waals surface area (Å²) in [6.45, 7) is 8.91. The predicted octanol–water partition coefficient (Wildman–Crippen LogP) is 2.37. The van der Waals surface area contributed by atoms with E-state index < -0.39 is 5.60 Å². The lowest BCUT2D eigenvalue weighted by molar-refractivity contribution is -0.119. The molecule has 2 heterocycles. The van der Waals surface area contributed by atoms with Gasteiger partial charge in [0.2, 0.25) is 5.91 Å². The minimum absolute atomic E-state index is 0.254. The number of aliphatic imine (C=N–C) groups is 1. The van der Waals surface area contributed by atoms with E-state index in [0.717, 1.165) is 43.9 Å². The van der Waals surface area contributed by atoms with Gasteiger partial charge in [-0.2, -0.15) is 0 Å². The third kappa shape index (κ3) is 9.11. The lowest BCUT2D eigenvalue weighted by atomic mass is 9.95. The Morgan fingerprint density at radius 2 is 2.19 bits per heavy atom. The minimum atomic E-state index is -0.555. The van der Waals surface area contributed by atoms with Crippen molar-refractivity contribution in [2.24, 2.45) is 16.6 Å².